The van der Waals surface area contributed by atoms with Gasteiger partial charge in [-0.2, -0.15) is 9.40 Å². The molecule has 0 atom stereocenters. The molecule has 1 amide bonds. The van der Waals surface area contributed by atoms with E-state index in [9.17, 15) is 13.2 Å². The maximum absolute atomic E-state index is 13.1. The Morgan fingerprint density at radius 3 is 2.47 bits per heavy atom. The van der Waals surface area contributed by atoms with Gasteiger partial charge in [-0.05, 0) is 48.5 Å². The van der Waals surface area contributed by atoms with E-state index in [0.717, 1.165) is 11.4 Å². The number of ether oxygens (including phenoxy) is 3. The number of sulfonamides is 1. The van der Waals surface area contributed by atoms with Gasteiger partial charge in [-0.15, -0.1) is 0 Å². The number of nitrogens with one attached hydrogen (secondary N) is 1. The summed E-state index contributed by atoms with van der Waals surface area (Å²) in [4.78, 5) is 12.7. The second-order valence-electron chi connectivity index (χ2n) is 7.51. The standard InChI is InChI=1S/C23H26N4O6S/c1-31-20-6-4-19(5-7-20)27-10-9-18(25-27)16-24-23(28)17-3-8-21(32-2)22(15-17)34(29,30)26-11-13-33-14-12-26/h3-10,15H,11-14,16H2,1-2H3,(H,24,28). The lowest BCUT2D eigenvalue weighted by molar-refractivity contribution is 0.0729. The van der Waals surface area contributed by atoms with E-state index in [1.807, 2.05) is 24.3 Å². The summed E-state index contributed by atoms with van der Waals surface area (Å²) < 4.78 is 45.0. The van der Waals surface area contributed by atoms with Crippen molar-refractivity contribution in [2.24, 2.45) is 0 Å². The average Bonchev–Trinajstić information content (AvgIpc) is 3.36. The van der Waals surface area contributed by atoms with Gasteiger partial charge >= 0.3 is 0 Å². The molecule has 180 valence electrons. The van der Waals surface area contributed by atoms with Crippen molar-refractivity contribution in [3.05, 3.63) is 66.0 Å². The molecule has 0 unspecified atom stereocenters. The summed E-state index contributed by atoms with van der Waals surface area (Å²) in [6.07, 6.45) is 1.80. The van der Waals surface area contributed by atoms with Gasteiger partial charge in [0.2, 0.25) is 10.0 Å². The first-order valence-corrected chi connectivity index (χ1v) is 12.1. The fourth-order valence-electron chi connectivity index (χ4n) is 3.55. The van der Waals surface area contributed by atoms with Gasteiger partial charge in [0, 0.05) is 24.8 Å². The monoisotopic (exact) mass is 486 g/mol. The normalized spacial score (nSPS) is 14.5. The summed E-state index contributed by atoms with van der Waals surface area (Å²) in [6, 6.07) is 13.6. The van der Waals surface area contributed by atoms with E-state index in [-0.39, 0.29) is 35.8 Å². The van der Waals surface area contributed by atoms with Crippen LogP contribution in [0.15, 0.2) is 59.6 Å². The minimum absolute atomic E-state index is 0.0478. The smallest absolute Gasteiger partial charge is 0.251 e. The van der Waals surface area contributed by atoms with Crippen molar-refractivity contribution in [1.82, 2.24) is 19.4 Å². The van der Waals surface area contributed by atoms with Crippen LogP contribution in [0.2, 0.25) is 0 Å². The SMILES string of the molecule is COc1ccc(-n2ccc(CNC(=O)c3ccc(OC)c(S(=O)(=O)N4CCOCC4)c3)n2)cc1. The van der Waals surface area contributed by atoms with Gasteiger partial charge in [0.05, 0.1) is 45.4 Å². The zero-order valence-corrected chi connectivity index (χ0v) is 19.7. The number of methoxy groups -OCH3 is 2. The van der Waals surface area contributed by atoms with E-state index in [4.69, 9.17) is 14.2 Å². The zero-order chi connectivity index (χ0) is 24.1. The number of hydrogen-bond donors (Lipinski definition) is 1. The van der Waals surface area contributed by atoms with Crippen LogP contribution in [0.25, 0.3) is 5.69 Å². The molecule has 2 aromatic carbocycles. The van der Waals surface area contributed by atoms with Crippen molar-refractivity contribution in [1.29, 1.82) is 0 Å². The number of hydrogen-bond acceptors (Lipinski definition) is 7. The largest absolute Gasteiger partial charge is 0.497 e. The molecule has 4 rings (SSSR count). The van der Waals surface area contributed by atoms with Crippen molar-refractivity contribution < 1.29 is 27.4 Å². The average molecular weight is 487 g/mol. The molecule has 1 saturated heterocycles. The van der Waals surface area contributed by atoms with E-state index < -0.39 is 15.9 Å². The van der Waals surface area contributed by atoms with E-state index in [0.29, 0.717) is 18.9 Å². The summed E-state index contributed by atoms with van der Waals surface area (Å²) in [7, 11) is -0.837. The molecule has 10 nitrogen and oxygen atoms in total. The highest BCUT2D eigenvalue weighted by Gasteiger charge is 2.30. The number of benzene rings is 2. The van der Waals surface area contributed by atoms with Crippen LogP contribution in [0.4, 0.5) is 0 Å². The number of carbonyl (C=O) groups is 1. The lowest BCUT2D eigenvalue weighted by atomic mass is 10.2. The molecule has 0 bridgehead atoms. The van der Waals surface area contributed by atoms with Crippen molar-refractivity contribution >= 4 is 15.9 Å². The van der Waals surface area contributed by atoms with E-state index in [2.05, 4.69) is 10.4 Å². The van der Waals surface area contributed by atoms with Crippen LogP contribution in [0.3, 0.4) is 0 Å². The van der Waals surface area contributed by atoms with Crippen molar-refractivity contribution in [3.8, 4) is 17.2 Å². The highest BCUT2D eigenvalue weighted by Crippen LogP contribution is 2.28. The Hall–Kier alpha value is -3.41. The third-order valence-corrected chi connectivity index (χ3v) is 7.34. The number of amides is 1. The van der Waals surface area contributed by atoms with Gasteiger partial charge in [-0.1, -0.05) is 0 Å². The van der Waals surface area contributed by atoms with E-state index in [1.165, 1.54) is 29.6 Å². The van der Waals surface area contributed by atoms with Crippen molar-refractivity contribution in [3.63, 3.8) is 0 Å². The Balaban J connectivity index is 1.47. The van der Waals surface area contributed by atoms with Crippen LogP contribution in [0.5, 0.6) is 11.5 Å². The first-order valence-electron chi connectivity index (χ1n) is 10.7. The lowest BCUT2D eigenvalue weighted by Gasteiger charge is -2.26. The molecule has 2 heterocycles. The molecule has 1 aliphatic rings. The Labute approximate surface area is 198 Å². The highest BCUT2D eigenvalue weighted by molar-refractivity contribution is 7.89. The lowest BCUT2D eigenvalue weighted by Crippen LogP contribution is -2.40. The number of rotatable bonds is 8. The summed E-state index contributed by atoms with van der Waals surface area (Å²) >= 11 is 0. The number of nitrogens with zero attached hydrogens (tertiary/aromatic N) is 3. The minimum Gasteiger partial charge on any atom is -0.497 e. The third kappa shape index (κ3) is 5.06. The first-order chi connectivity index (χ1) is 16.4. The summed E-state index contributed by atoms with van der Waals surface area (Å²) in [5.74, 6) is 0.513. The molecule has 34 heavy (non-hydrogen) atoms. The predicted octanol–water partition coefficient (Wildman–Crippen LogP) is 1.84. The molecule has 0 aliphatic carbocycles. The fourth-order valence-corrected chi connectivity index (χ4v) is 5.14. The van der Waals surface area contributed by atoms with Gasteiger partial charge in [-0.3, -0.25) is 4.79 Å². The Bertz CT molecular complexity index is 1250. The molecule has 3 aromatic rings. The molecule has 1 N–H and O–H groups in total. The quantitative estimate of drug-likeness (QED) is 0.517. The second kappa shape index (κ2) is 10.2. The Kier molecular flexibility index (Phi) is 7.15. The molecule has 11 heteroatoms. The molecule has 0 saturated carbocycles. The second-order valence-corrected chi connectivity index (χ2v) is 9.42. The maximum atomic E-state index is 13.1. The fraction of sp³-hybridized carbons (Fsp3) is 0.304. The van der Waals surface area contributed by atoms with Gasteiger partial charge < -0.3 is 19.5 Å². The number of carbonyl (C=O) groups excluding carboxylic acids is 1. The third-order valence-electron chi connectivity index (χ3n) is 5.43. The molecule has 1 aromatic heterocycles. The maximum Gasteiger partial charge on any atom is 0.251 e. The van der Waals surface area contributed by atoms with Gasteiger partial charge in [0.1, 0.15) is 16.4 Å². The summed E-state index contributed by atoms with van der Waals surface area (Å²) in [6.45, 7) is 1.33. The number of morpholine rings is 1. The molecule has 0 radical (unpaired) electrons. The highest BCUT2D eigenvalue weighted by atomic mass is 32.2. The molecule has 1 fully saturated rings. The van der Waals surface area contributed by atoms with Crippen LogP contribution in [-0.2, 0) is 21.3 Å². The van der Waals surface area contributed by atoms with Crippen LogP contribution in [0.1, 0.15) is 16.1 Å². The topological polar surface area (TPSA) is 112 Å². The minimum atomic E-state index is -3.84. The summed E-state index contributed by atoms with van der Waals surface area (Å²) in [5, 5.41) is 7.26. The van der Waals surface area contributed by atoms with Crippen LogP contribution in [0, 0.1) is 0 Å². The zero-order valence-electron chi connectivity index (χ0n) is 18.9. The Morgan fingerprint density at radius 2 is 1.79 bits per heavy atom. The van der Waals surface area contributed by atoms with Crippen molar-refractivity contribution in [2.45, 2.75) is 11.4 Å². The van der Waals surface area contributed by atoms with Crippen LogP contribution >= 0.6 is 0 Å². The molecule has 1 aliphatic heterocycles. The van der Waals surface area contributed by atoms with Gasteiger partial charge in [-0.25, -0.2) is 13.1 Å². The van der Waals surface area contributed by atoms with Crippen LogP contribution in [-0.4, -0.2) is 68.9 Å². The molecular weight excluding hydrogens is 460 g/mol. The number of aromatic nitrogens is 2. The van der Waals surface area contributed by atoms with Gasteiger partial charge in [0.25, 0.3) is 5.91 Å². The first kappa shape index (κ1) is 23.7. The van der Waals surface area contributed by atoms with E-state index >= 15 is 0 Å². The molecular formula is C23H26N4O6S. The summed E-state index contributed by atoms with van der Waals surface area (Å²) in [5.41, 5.74) is 1.72. The molecule has 0 spiro atoms. The van der Waals surface area contributed by atoms with Crippen LogP contribution < -0.4 is 14.8 Å². The van der Waals surface area contributed by atoms with Crippen molar-refractivity contribution in [2.75, 3.05) is 40.5 Å². The Morgan fingerprint density at radius 1 is 1.06 bits per heavy atom. The van der Waals surface area contributed by atoms with E-state index in [1.54, 1.807) is 24.1 Å². The van der Waals surface area contributed by atoms with Gasteiger partial charge in [0.15, 0.2) is 0 Å². The predicted molar refractivity (Wildman–Crippen MR) is 124 cm³/mol.